The second-order valence-electron chi connectivity index (χ2n) is 4.82. The molecule has 1 unspecified atom stereocenters. The highest BCUT2D eigenvalue weighted by Crippen LogP contribution is 2.20. The van der Waals surface area contributed by atoms with Crippen LogP contribution in [0.3, 0.4) is 0 Å². The lowest BCUT2D eigenvalue weighted by Gasteiger charge is -2.15. The Morgan fingerprint density at radius 3 is 2.55 bits per heavy atom. The first-order chi connectivity index (χ1) is 9.50. The maximum absolute atomic E-state index is 11.8. The van der Waals surface area contributed by atoms with Gasteiger partial charge in [-0.3, -0.25) is 0 Å². The summed E-state index contributed by atoms with van der Waals surface area (Å²) in [6, 6.07) is 7.04. The molecule has 0 radical (unpaired) electrons. The van der Waals surface area contributed by atoms with Gasteiger partial charge in [-0.2, -0.15) is 17.9 Å². The van der Waals surface area contributed by atoms with Gasteiger partial charge in [-0.05, 0) is 37.5 Å². The van der Waals surface area contributed by atoms with E-state index in [4.69, 9.17) is 5.11 Å². The van der Waals surface area contributed by atoms with Crippen LogP contribution in [0, 0.1) is 11.8 Å². The van der Waals surface area contributed by atoms with E-state index in [0.29, 0.717) is 0 Å². The van der Waals surface area contributed by atoms with E-state index < -0.39 is 10.2 Å². The van der Waals surface area contributed by atoms with E-state index in [9.17, 15) is 8.42 Å². The van der Waals surface area contributed by atoms with Crippen LogP contribution in [0.1, 0.15) is 36.9 Å². The molecule has 1 atom stereocenters. The van der Waals surface area contributed by atoms with Crippen LogP contribution in [0.2, 0.25) is 0 Å². The smallest absolute Gasteiger partial charge is 0.277 e. The van der Waals surface area contributed by atoms with E-state index in [1.165, 1.54) is 0 Å². The van der Waals surface area contributed by atoms with Gasteiger partial charge in [-0.25, -0.2) is 0 Å². The van der Waals surface area contributed by atoms with E-state index in [1.807, 2.05) is 12.1 Å². The van der Waals surface area contributed by atoms with Gasteiger partial charge in [0.1, 0.15) is 6.61 Å². The minimum absolute atomic E-state index is 0.0934. The fourth-order valence-corrected chi connectivity index (χ4v) is 3.10. The normalized spacial score (nSPS) is 16.3. The van der Waals surface area contributed by atoms with E-state index in [1.54, 1.807) is 19.1 Å². The van der Waals surface area contributed by atoms with Gasteiger partial charge in [0.25, 0.3) is 10.2 Å². The zero-order chi connectivity index (χ0) is 14.6. The highest BCUT2D eigenvalue weighted by molar-refractivity contribution is 7.87. The largest absolute Gasteiger partial charge is 0.384 e. The van der Waals surface area contributed by atoms with Gasteiger partial charge in [0.15, 0.2) is 0 Å². The van der Waals surface area contributed by atoms with E-state index in [-0.39, 0.29) is 18.7 Å². The van der Waals surface area contributed by atoms with Crippen LogP contribution in [0.25, 0.3) is 0 Å². The van der Waals surface area contributed by atoms with Crippen LogP contribution in [0.15, 0.2) is 24.3 Å². The van der Waals surface area contributed by atoms with E-state index in [2.05, 4.69) is 21.3 Å². The molecule has 108 valence electrons. The lowest BCUT2D eigenvalue weighted by atomic mass is 10.1. The topological polar surface area (TPSA) is 78.4 Å². The van der Waals surface area contributed by atoms with Crippen LogP contribution in [0.4, 0.5) is 0 Å². The van der Waals surface area contributed by atoms with Gasteiger partial charge >= 0.3 is 0 Å². The maximum atomic E-state index is 11.8. The number of rotatable bonds is 5. The SMILES string of the molecule is CC(NS(=O)(=O)NC1CC1)c1ccc(C#CCO)cc1. The third kappa shape index (κ3) is 4.62. The minimum atomic E-state index is -3.45. The fourth-order valence-electron chi connectivity index (χ4n) is 1.75. The summed E-state index contributed by atoms with van der Waals surface area (Å²) in [4.78, 5) is 0. The quantitative estimate of drug-likeness (QED) is 0.699. The van der Waals surface area contributed by atoms with E-state index >= 15 is 0 Å². The molecule has 1 aromatic carbocycles. The standard InChI is InChI=1S/C14H18N2O3S/c1-11(15-20(18,19)16-14-8-9-14)13-6-4-12(5-7-13)3-2-10-17/h4-7,11,14-17H,8-10H2,1H3. The predicted molar refractivity (Wildman–Crippen MR) is 77.0 cm³/mol. The van der Waals surface area contributed by atoms with Crippen LogP contribution >= 0.6 is 0 Å². The summed E-state index contributed by atoms with van der Waals surface area (Å²) < 4.78 is 28.8. The molecule has 0 aromatic heterocycles. The summed E-state index contributed by atoms with van der Waals surface area (Å²) in [5, 5.41) is 8.62. The lowest BCUT2D eigenvalue weighted by molar-refractivity contribution is 0.350. The zero-order valence-corrected chi connectivity index (χ0v) is 12.1. The van der Waals surface area contributed by atoms with Crippen molar-refractivity contribution in [3.63, 3.8) is 0 Å². The first kappa shape index (κ1) is 15.0. The summed E-state index contributed by atoms with van der Waals surface area (Å²) in [7, 11) is -3.45. The number of aliphatic hydroxyl groups is 1. The average molecular weight is 294 g/mol. The number of hydrogen-bond donors (Lipinski definition) is 3. The minimum Gasteiger partial charge on any atom is -0.384 e. The molecule has 0 bridgehead atoms. The number of hydrogen-bond acceptors (Lipinski definition) is 3. The molecule has 0 amide bonds. The van der Waals surface area contributed by atoms with E-state index in [0.717, 1.165) is 24.0 Å². The lowest BCUT2D eigenvalue weighted by Crippen LogP contribution is -2.39. The molecule has 20 heavy (non-hydrogen) atoms. The Hall–Kier alpha value is -1.39. The summed E-state index contributed by atoms with van der Waals surface area (Å²) >= 11 is 0. The molecular formula is C14H18N2O3S. The molecule has 1 aromatic rings. The molecule has 3 N–H and O–H groups in total. The van der Waals surface area contributed by atoms with Crippen molar-refractivity contribution in [3.05, 3.63) is 35.4 Å². The van der Waals surface area contributed by atoms with Crippen molar-refractivity contribution in [2.24, 2.45) is 0 Å². The maximum Gasteiger partial charge on any atom is 0.277 e. The van der Waals surface area contributed by atoms with Crippen molar-refractivity contribution < 1.29 is 13.5 Å². The fraction of sp³-hybridized carbons (Fsp3) is 0.429. The van der Waals surface area contributed by atoms with Crippen molar-refractivity contribution >= 4 is 10.2 Å². The molecule has 1 fully saturated rings. The average Bonchev–Trinajstić information content (AvgIpc) is 3.19. The highest BCUT2D eigenvalue weighted by Gasteiger charge is 2.27. The Labute approximate surface area is 119 Å². The van der Waals surface area contributed by atoms with Crippen LogP contribution in [-0.4, -0.2) is 26.2 Å². The molecule has 1 saturated carbocycles. The second kappa shape index (κ2) is 6.37. The number of aliphatic hydroxyl groups excluding tert-OH is 1. The highest BCUT2D eigenvalue weighted by atomic mass is 32.2. The summed E-state index contributed by atoms with van der Waals surface area (Å²) in [6.45, 7) is 1.62. The Kier molecular flexibility index (Phi) is 4.78. The molecule has 1 aliphatic rings. The molecule has 5 nitrogen and oxygen atoms in total. The molecule has 0 saturated heterocycles. The Morgan fingerprint density at radius 2 is 2.00 bits per heavy atom. The van der Waals surface area contributed by atoms with Gasteiger partial charge in [-0.1, -0.05) is 24.0 Å². The second-order valence-corrected chi connectivity index (χ2v) is 6.30. The van der Waals surface area contributed by atoms with Crippen molar-refractivity contribution in [1.82, 2.24) is 9.44 Å². The van der Waals surface area contributed by atoms with Crippen molar-refractivity contribution in [2.45, 2.75) is 31.8 Å². The predicted octanol–water partition coefficient (Wildman–Crippen LogP) is 0.678. The Bertz CT molecular complexity index is 610. The molecular weight excluding hydrogens is 276 g/mol. The molecule has 0 heterocycles. The summed E-state index contributed by atoms with van der Waals surface area (Å²) in [5.41, 5.74) is 1.65. The van der Waals surface area contributed by atoms with Crippen LogP contribution in [0.5, 0.6) is 0 Å². The van der Waals surface area contributed by atoms with Gasteiger partial charge in [0.2, 0.25) is 0 Å². The van der Waals surface area contributed by atoms with Gasteiger partial charge in [0, 0.05) is 17.6 Å². The van der Waals surface area contributed by atoms with Crippen LogP contribution in [-0.2, 0) is 10.2 Å². The Balaban J connectivity index is 1.99. The molecule has 1 aliphatic carbocycles. The Morgan fingerprint density at radius 1 is 1.35 bits per heavy atom. The first-order valence-electron chi connectivity index (χ1n) is 6.49. The third-order valence-corrected chi connectivity index (χ3v) is 4.26. The van der Waals surface area contributed by atoms with Crippen molar-refractivity contribution in [2.75, 3.05) is 6.61 Å². The number of benzene rings is 1. The molecule has 0 aliphatic heterocycles. The first-order valence-corrected chi connectivity index (χ1v) is 7.98. The molecule has 0 spiro atoms. The van der Waals surface area contributed by atoms with Crippen molar-refractivity contribution in [1.29, 1.82) is 0 Å². The van der Waals surface area contributed by atoms with Crippen molar-refractivity contribution in [3.8, 4) is 11.8 Å². The molecule has 6 heteroatoms. The van der Waals surface area contributed by atoms with Gasteiger partial charge in [0.05, 0.1) is 0 Å². The third-order valence-electron chi connectivity index (χ3n) is 2.95. The summed E-state index contributed by atoms with van der Waals surface area (Å²) in [5.74, 6) is 5.36. The van der Waals surface area contributed by atoms with Gasteiger partial charge in [-0.15, -0.1) is 0 Å². The molecule has 2 rings (SSSR count). The zero-order valence-electron chi connectivity index (χ0n) is 11.3. The summed E-state index contributed by atoms with van der Waals surface area (Å²) in [6.07, 6.45) is 1.82. The number of nitrogens with one attached hydrogen (secondary N) is 2. The van der Waals surface area contributed by atoms with Crippen LogP contribution < -0.4 is 9.44 Å². The van der Waals surface area contributed by atoms with Gasteiger partial charge < -0.3 is 5.11 Å². The monoisotopic (exact) mass is 294 g/mol.